The van der Waals surface area contributed by atoms with Crippen LogP contribution in [-0.2, 0) is 14.8 Å². The number of carboxylic acids is 1. The van der Waals surface area contributed by atoms with Gasteiger partial charge in [-0.15, -0.1) is 0 Å². The standard InChI is InChI=1S/C11H15NO5S/c1-3-10(11(13)14)12-18(15,16)9-6-4-8(17-2)5-7-9/h4-7,10,12H,3H2,1-2H3,(H,13,14)/p-1/t10-/m0/s1. The van der Waals surface area contributed by atoms with Gasteiger partial charge in [-0.2, -0.15) is 0 Å². The fourth-order valence-corrected chi connectivity index (χ4v) is 2.58. The molecule has 0 aliphatic rings. The molecule has 1 N–H and O–H groups in total. The summed E-state index contributed by atoms with van der Waals surface area (Å²) in [5.41, 5.74) is 0. The first-order chi connectivity index (χ1) is 8.40. The molecular weight excluding hydrogens is 258 g/mol. The van der Waals surface area contributed by atoms with E-state index in [1.807, 2.05) is 0 Å². The Balaban J connectivity index is 2.95. The van der Waals surface area contributed by atoms with Gasteiger partial charge in [0.15, 0.2) is 0 Å². The maximum Gasteiger partial charge on any atom is 0.241 e. The number of ether oxygens (including phenoxy) is 1. The third-order valence-corrected chi connectivity index (χ3v) is 3.85. The molecule has 1 atom stereocenters. The van der Waals surface area contributed by atoms with Crippen LogP contribution in [0.3, 0.4) is 0 Å². The second kappa shape index (κ2) is 5.83. The third kappa shape index (κ3) is 3.44. The van der Waals surface area contributed by atoms with Crippen molar-refractivity contribution in [3.8, 4) is 5.75 Å². The molecule has 0 radical (unpaired) electrons. The number of carbonyl (C=O) groups excluding carboxylic acids is 1. The lowest BCUT2D eigenvalue weighted by Crippen LogP contribution is -2.47. The number of hydrogen-bond acceptors (Lipinski definition) is 5. The number of carboxylic acid groups (broad SMARTS) is 1. The minimum Gasteiger partial charge on any atom is -0.548 e. The van der Waals surface area contributed by atoms with Gasteiger partial charge in [0.1, 0.15) is 5.75 Å². The number of methoxy groups -OCH3 is 1. The Labute approximate surface area is 106 Å². The highest BCUT2D eigenvalue weighted by Crippen LogP contribution is 2.15. The molecule has 100 valence electrons. The second-order valence-electron chi connectivity index (χ2n) is 3.58. The Bertz CT molecular complexity index is 509. The van der Waals surface area contributed by atoms with Crippen LogP contribution in [0.5, 0.6) is 5.75 Å². The van der Waals surface area contributed by atoms with Crippen molar-refractivity contribution in [2.45, 2.75) is 24.3 Å². The minimum atomic E-state index is -3.87. The van der Waals surface area contributed by atoms with Crippen molar-refractivity contribution in [3.63, 3.8) is 0 Å². The molecule has 0 bridgehead atoms. The van der Waals surface area contributed by atoms with Gasteiger partial charge in [-0.05, 0) is 30.7 Å². The van der Waals surface area contributed by atoms with Crippen LogP contribution < -0.4 is 14.6 Å². The van der Waals surface area contributed by atoms with Gasteiger partial charge in [0, 0.05) is 0 Å². The SMILES string of the molecule is CC[C@H](NS(=O)(=O)c1ccc(OC)cc1)C(=O)[O-]. The molecule has 1 aromatic rings. The van der Waals surface area contributed by atoms with Gasteiger partial charge in [-0.25, -0.2) is 13.1 Å². The van der Waals surface area contributed by atoms with Crippen molar-refractivity contribution >= 4 is 16.0 Å². The molecule has 6 nitrogen and oxygen atoms in total. The molecule has 0 heterocycles. The summed E-state index contributed by atoms with van der Waals surface area (Å²) in [6.07, 6.45) is 0.109. The predicted molar refractivity (Wildman–Crippen MR) is 62.4 cm³/mol. The highest BCUT2D eigenvalue weighted by atomic mass is 32.2. The van der Waals surface area contributed by atoms with Crippen LogP contribution in [-0.4, -0.2) is 27.5 Å². The number of benzene rings is 1. The molecule has 0 aromatic heterocycles. The number of rotatable bonds is 6. The average Bonchev–Trinajstić information content (AvgIpc) is 2.35. The first-order valence-corrected chi connectivity index (χ1v) is 6.76. The number of sulfonamides is 1. The maximum absolute atomic E-state index is 11.9. The van der Waals surface area contributed by atoms with E-state index in [4.69, 9.17) is 4.74 Å². The molecule has 0 fully saturated rings. The van der Waals surface area contributed by atoms with Gasteiger partial charge >= 0.3 is 0 Å². The number of nitrogens with one attached hydrogen (secondary N) is 1. The van der Waals surface area contributed by atoms with Gasteiger partial charge < -0.3 is 14.6 Å². The number of hydrogen-bond donors (Lipinski definition) is 1. The molecule has 0 aliphatic carbocycles. The summed E-state index contributed by atoms with van der Waals surface area (Å²) in [7, 11) is -2.40. The largest absolute Gasteiger partial charge is 0.548 e. The van der Waals surface area contributed by atoms with Crippen molar-refractivity contribution in [1.29, 1.82) is 0 Å². The van der Waals surface area contributed by atoms with Crippen molar-refractivity contribution in [2.24, 2.45) is 0 Å². The highest BCUT2D eigenvalue weighted by molar-refractivity contribution is 7.89. The summed E-state index contributed by atoms with van der Waals surface area (Å²) in [4.78, 5) is 10.7. The smallest absolute Gasteiger partial charge is 0.241 e. The van der Waals surface area contributed by atoms with E-state index in [1.54, 1.807) is 6.92 Å². The lowest BCUT2D eigenvalue weighted by Gasteiger charge is -2.17. The van der Waals surface area contributed by atoms with Crippen LogP contribution in [0.1, 0.15) is 13.3 Å². The fraction of sp³-hybridized carbons (Fsp3) is 0.364. The average molecular weight is 272 g/mol. The topological polar surface area (TPSA) is 95.5 Å². The van der Waals surface area contributed by atoms with Crippen LogP contribution in [0, 0.1) is 0 Å². The van der Waals surface area contributed by atoms with Crippen molar-refractivity contribution < 1.29 is 23.1 Å². The van der Waals surface area contributed by atoms with Crippen molar-refractivity contribution in [3.05, 3.63) is 24.3 Å². The molecule has 0 unspecified atom stereocenters. The van der Waals surface area contributed by atoms with Crippen molar-refractivity contribution in [1.82, 2.24) is 4.72 Å². The zero-order valence-electron chi connectivity index (χ0n) is 10.0. The van der Waals surface area contributed by atoms with E-state index in [2.05, 4.69) is 4.72 Å². The molecule has 18 heavy (non-hydrogen) atoms. The first-order valence-electron chi connectivity index (χ1n) is 5.28. The highest BCUT2D eigenvalue weighted by Gasteiger charge is 2.19. The molecular formula is C11H14NO5S-. The van der Waals surface area contributed by atoms with Gasteiger partial charge in [0.05, 0.1) is 24.0 Å². The monoisotopic (exact) mass is 272 g/mol. The number of carbonyl (C=O) groups is 1. The molecule has 7 heteroatoms. The van der Waals surface area contributed by atoms with Gasteiger partial charge in [0.25, 0.3) is 0 Å². The van der Waals surface area contributed by atoms with Crippen molar-refractivity contribution in [2.75, 3.05) is 7.11 Å². The molecule has 1 rings (SSSR count). The Hall–Kier alpha value is -1.60. The molecule has 0 amide bonds. The molecule has 0 aliphatic heterocycles. The number of aliphatic carboxylic acids is 1. The van der Waals surface area contributed by atoms with E-state index in [0.717, 1.165) is 0 Å². The first kappa shape index (κ1) is 14.5. The Morgan fingerprint density at radius 3 is 2.33 bits per heavy atom. The Kier molecular flexibility index (Phi) is 4.69. The summed E-state index contributed by atoms with van der Waals surface area (Å²) in [6.45, 7) is 1.55. The second-order valence-corrected chi connectivity index (χ2v) is 5.29. The zero-order chi connectivity index (χ0) is 13.8. The normalized spacial score (nSPS) is 13.0. The van der Waals surface area contributed by atoms with Crippen LogP contribution in [0.25, 0.3) is 0 Å². The van der Waals surface area contributed by atoms with E-state index >= 15 is 0 Å². The summed E-state index contributed by atoms with van der Waals surface area (Å²) >= 11 is 0. The molecule has 0 saturated heterocycles. The van der Waals surface area contributed by atoms with E-state index < -0.39 is 22.0 Å². The van der Waals surface area contributed by atoms with Gasteiger partial charge in [-0.1, -0.05) is 6.92 Å². The summed E-state index contributed by atoms with van der Waals surface area (Å²) in [5, 5.41) is 10.7. The minimum absolute atomic E-state index is 0.0250. The van der Waals surface area contributed by atoms with Crippen LogP contribution in [0.2, 0.25) is 0 Å². The van der Waals surface area contributed by atoms with Crippen LogP contribution >= 0.6 is 0 Å². The molecule has 0 spiro atoms. The van der Waals surface area contributed by atoms with E-state index in [0.29, 0.717) is 5.75 Å². The van der Waals surface area contributed by atoms with Gasteiger partial charge in [-0.3, -0.25) is 0 Å². The van der Waals surface area contributed by atoms with Crippen LogP contribution in [0.4, 0.5) is 0 Å². The lowest BCUT2D eigenvalue weighted by atomic mass is 10.2. The maximum atomic E-state index is 11.9. The van der Waals surface area contributed by atoms with E-state index in [1.165, 1.54) is 31.4 Å². The summed E-state index contributed by atoms with van der Waals surface area (Å²) < 4.78 is 30.7. The molecule has 0 saturated carbocycles. The fourth-order valence-electron chi connectivity index (χ4n) is 1.31. The lowest BCUT2D eigenvalue weighted by molar-refractivity contribution is -0.308. The van der Waals surface area contributed by atoms with Gasteiger partial charge in [0.2, 0.25) is 10.0 Å². The van der Waals surface area contributed by atoms with E-state index in [-0.39, 0.29) is 11.3 Å². The van der Waals surface area contributed by atoms with E-state index in [9.17, 15) is 18.3 Å². The summed E-state index contributed by atoms with van der Waals surface area (Å²) in [6, 6.07) is 4.40. The zero-order valence-corrected chi connectivity index (χ0v) is 10.9. The predicted octanol–water partition coefficient (Wildman–Crippen LogP) is -0.498. The van der Waals surface area contributed by atoms with Crippen LogP contribution in [0.15, 0.2) is 29.2 Å². The Morgan fingerprint density at radius 2 is 1.94 bits per heavy atom. The third-order valence-electron chi connectivity index (χ3n) is 2.36. The quantitative estimate of drug-likeness (QED) is 0.753. The summed E-state index contributed by atoms with van der Waals surface area (Å²) in [5.74, 6) is -0.935. The Morgan fingerprint density at radius 1 is 1.39 bits per heavy atom. The molecule has 1 aromatic carbocycles.